The van der Waals surface area contributed by atoms with Crippen molar-refractivity contribution in [3.05, 3.63) is 53.4 Å². The molecule has 0 aliphatic heterocycles. The summed E-state index contributed by atoms with van der Waals surface area (Å²) in [5.74, 6) is -0.0187. The molecule has 0 aromatic heterocycles. The molecule has 2 atom stereocenters. The van der Waals surface area contributed by atoms with Gasteiger partial charge in [0.05, 0.1) is 30.1 Å². The van der Waals surface area contributed by atoms with E-state index in [1.807, 2.05) is 0 Å². The average Bonchev–Trinajstić information content (AvgIpc) is 2.55. The molecule has 2 N–H and O–H groups in total. The van der Waals surface area contributed by atoms with Gasteiger partial charge in [-0.05, 0) is 34.6 Å². The molecule has 0 aliphatic carbocycles. The summed E-state index contributed by atoms with van der Waals surface area (Å²) in [6.45, 7) is 0. The minimum atomic E-state index is -2.34. The number of rotatable bonds is 6. The zero-order valence-electron chi connectivity index (χ0n) is 12.5. The van der Waals surface area contributed by atoms with Crippen molar-refractivity contribution in [2.24, 2.45) is 0 Å². The molecule has 2 rings (SSSR count). The minimum absolute atomic E-state index is 0.00933. The molecule has 148 valence electrons. The zero-order valence-corrected chi connectivity index (χ0v) is 20.3. The van der Waals surface area contributed by atoms with E-state index in [0.717, 1.165) is 0 Å². The van der Waals surface area contributed by atoms with Gasteiger partial charge < -0.3 is 18.8 Å². The van der Waals surface area contributed by atoms with Crippen LogP contribution in [-0.2, 0) is 6.42 Å². The van der Waals surface area contributed by atoms with Gasteiger partial charge >= 0.3 is 15.5 Å². The zero-order chi connectivity index (χ0) is 20.5. The first-order chi connectivity index (χ1) is 12.5. The number of benzene rings is 2. The summed E-state index contributed by atoms with van der Waals surface area (Å²) in [4.78, 5) is 18.9. The van der Waals surface area contributed by atoms with Gasteiger partial charge in [0.1, 0.15) is 0 Å². The molecule has 2 aromatic rings. The van der Waals surface area contributed by atoms with Gasteiger partial charge in [-0.3, -0.25) is 0 Å². The SMILES string of the molecule is OP(Cl)Oc1c(Cl)cc(Cl)c(Cl)c1Cc1c(Cl)c(Cl)cc(Cl)c1OP(O)Cl. The lowest BCUT2D eigenvalue weighted by atomic mass is 10.0. The highest BCUT2D eigenvalue weighted by Gasteiger charge is 2.25. The van der Waals surface area contributed by atoms with Gasteiger partial charge in [0, 0.05) is 17.5 Å². The molecule has 0 saturated heterocycles. The molecule has 0 spiro atoms. The standard InChI is InChI=1S/C13H6Cl8O4P2/c14-6-2-8(16)12(24-26(20)22)4(10(6)18)1-5-11(19)7(15)3-9(17)13(5)25-27(21)23/h2-3,22-23H,1H2. The molecular weight excluding hydrogens is 566 g/mol. The van der Waals surface area contributed by atoms with Crippen LogP contribution in [0.25, 0.3) is 0 Å². The van der Waals surface area contributed by atoms with Crippen molar-refractivity contribution in [1.29, 1.82) is 0 Å². The first kappa shape index (κ1) is 24.4. The second-order valence-corrected chi connectivity index (χ2v) is 10.1. The van der Waals surface area contributed by atoms with Gasteiger partial charge in [-0.2, -0.15) is 0 Å². The van der Waals surface area contributed by atoms with Crippen LogP contribution in [0.15, 0.2) is 12.1 Å². The summed E-state index contributed by atoms with van der Waals surface area (Å²) < 4.78 is 10.4. The molecule has 2 unspecified atom stereocenters. The van der Waals surface area contributed by atoms with Crippen LogP contribution in [0.2, 0.25) is 30.1 Å². The Kier molecular flexibility index (Phi) is 9.44. The molecule has 0 aliphatic rings. The third-order valence-corrected chi connectivity index (χ3v) is 6.42. The lowest BCUT2D eigenvalue weighted by Gasteiger charge is -2.19. The molecule has 4 nitrogen and oxygen atoms in total. The monoisotopic (exact) mass is 568 g/mol. The summed E-state index contributed by atoms with van der Waals surface area (Å²) in [5, 5.41) is 0.480. The van der Waals surface area contributed by atoms with Crippen molar-refractivity contribution in [1.82, 2.24) is 0 Å². The van der Waals surface area contributed by atoms with E-state index >= 15 is 0 Å². The summed E-state index contributed by atoms with van der Waals surface area (Å²) in [6, 6.07) is 2.66. The molecule has 0 bridgehead atoms. The Morgan fingerprint density at radius 2 is 1.00 bits per heavy atom. The van der Waals surface area contributed by atoms with E-state index in [1.54, 1.807) is 0 Å². The second kappa shape index (κ2) is 10.4. The second-order valence-electron chi connectivity index (χ2n) is 4.74. The first-order valence-corrected chi connectivity index (χ1v) is 13.0. The molecule has 2 aromatic carbocycles. The Balaban J connectivity index is 2.70. The van der Waals surface area contributed by atoms with Crippen LogP contribution in [0, 0.1) is 0 Å². The van der Waals surface area contributed by atoms with Gasteiger partial charge in [-0.25, -0.2) is 0 Å². The van der Waals surface area contributed by atoms with Gasteiger partial charge in [-0.1, -0.05) is 69.6 Å². The highest BCUT2D eigenvalue weighted by molar-refractivity contribution is 7.75. The van der Waals surface area contributed by atoms with Gasteiger partial charge in [0.25, 0.3) is 0 Å². The van der Waals surface area contributed by atoms with Crippen molar-refractivity contribution in [2.45, 2.75) is 6.42 Å². The predicted molar refractivity (Wildman–Crippen MR) is 117 cm³/mol. The fourth-order valence-electron chi connectivity index (χ4n) is 2.10. The largest absolute Gasteiger partial charge is 0.434 e. The van der Waals surface area contributed by atoms with Crippen molar-refractivity contribution in [3.8, 4) is 11.5 Å². The Hall–Kier alpha value is 1.14. The van der Waals surface area contributed by atoms with Crippen molar-refractivity contribution in [3.63, 3.8) is 0 Å². The third-order valence-electron chi connectivity index (χ3n) is 3.12. The summed E-state index contributed by atoms with van der Waals surface area (Å²) in [5.41, 5.74) is 0.469. The van der Waals surface area contributed by atoms with E-state index in [9.17, 15) is 9.79 Å². The van der Waals surface area contributed by atoms with Crippen LogP contribution in [-0.4, -0.2) is 9.79 Å². The lowest BCUT2D eigenvalue weighted by molar-refractivity contribution is 0.500. The van der Waals surface area contributed by atoms with Gasteiger partial charge in [0.2, 0.25) is 0 Å². The molecule has 0 radical (unpaired) electrons. The van der Waals surface area contributed by atoms with E-state index in [4.69, 9.17) is 101 Å². The van der Waals surface area contributed by atoms with Crippen LogP contribution < -0.4 is 9.05 Å². The normalized spacial score (nSPS) is 13.4. The minimum Gasteiger partial charge on any atom is -0.434 e. The van der Waals surface area contributed by atoms with E-state index in [1.165, 1.54) is 12.1 Å². The first-order valence-electron chi connectivity index (χ1n) is 6.51. The maximum Gasteiger partial charge on any atom is 0.335 e. The highest BCUT2D eigenvalue weighted by Crippen LogP contribution is 2.51. The van der Waals surface area contributed by atoms with Crippen molar-refractivity contribution >= 4 is 108 Å². The molecule has 14 heteroatoms. The van der Waals surface area contributed by atoms with Crippen LogP contribution in [0.5, 0.6) is 11.5 Å². The van der Waals surface area contributed by atoms with Gasteiger partial charge in [-0.15, -0.1) is 0 Å². The van der Waals surface area contributed by atoms with E-state index in [0.29, 0.717) is 0 Å². The molecule has 0 amide bonds. The summed E-state index contributed by atoms with van der Waals surface area (Å²) in [7, 11) is -4.67. The topological polar surface area (TPSA) is 58.9 Å². The van der Waals surface area contributed by atoms with Crippen LogP contribution in [0.1, 0.15) is 11.1 Å². The van der Waals surface area contributed by atoms with Gasteiger partial charge in [0.15, 0.2) is 11.5 Å². The number of hydrogen-bond donors (Lipinski definition) is 2. The average molecular weight is 572 g/mol. The van der Waals surface area contributed by atoms with E-state index in [-0.39, 0.29) is 59.2 Å². The Morgan fingerprint density at radius 1 is 0.667 bits per heavy atom. The van der Waals surface area contributed by atoms with E-state index in [2.05, 4.69) is 0 Å². The van der Waals surface area contributed by atoms with Crippen LogP contribution >= 0.6 is 108 Å². The summed E-state index contributed by atoms with van der Waals surface area (Å²) in [6.07, 6.45) is -0.0942. The quantitative estimate of drug-likeness (QED) is 0.269. The fourth-order valence-corrected chi connectivity index (χ4v) is 4.83. The lowest BCUT2D eigenvalue weighted by Crippen LogP contribution is -2.00. The Labute approximate surface area is 196 Å². The van der Waals surface area contributed by atoms with E-state index < -0.39 is 15.5 Å². The fraction of sp³-hybridized carbons (Fsp3) is 0.0769. The van der Waals surface area contributed by atoms with Crippen LogP contribution in [0.4, 0.5) is 0 Å². The number of hydrogen-bond acceptors (Lipinski definition) is 4. The third kappa shape index (κ3) is 6.07. The smallest absolute Gasteiger partial charge is 0.335 e. The molecular formula is C13H6Cl8O4P2. The molecule has 0 fully saturated rings. The maximum absolute atomic E-state index is 9.43. The predicted octanol–water partition coefficient (Wildman–Crippen LogP) is 8.87. The molecule has 27 heavy (non-hydrogen) atoms. The van der Waals surface area contributed by atoms with Crippen LogP contribution in [0.3, 0.4) is 0 Å². The Morgan fingerprint density at radius 3 is 1.30 bits per heavy atom. The molecule has 0 heterocycles. The maximum atomic E-state index is 9.43. The Bertz CT molecular complexity index is 796. The van der Waals surface area contributed by atoms with Crippen molar-refractivity contribution in [2.75, 3.05) is 0 Å². The highest BCUT2D eigenvalue weighted by atomic mass is 35.7. The summed E-state index contributed by atoms with van der Waals surface area (Å²) >= 11 is 48.1. The number of halogens is 8. The van der Waals surface area contributed by atoms with Crippen molar-refractivity contribution < 1.29 is 18.8 Å². The molecule has 0 saturated carbocycles.